The lowest BCUT2D eigenvalue weighted by atomic mass is 9.56. The molecule has 3 aliphatic carbocycles. The second-order valence-electron chi connectivity index (χ2n) is 13.4. The van der Waals surface area contributed by atoms with Crippen molar-refractivity contribution in [3.8, 4) is 22.6 Å². The minimum absolute atomic E-state index is 0.0145. The molecule has 0 aromatic heterocycles. The van der Waals surface area contributed by atoms with Gasteiger partial charge in [-0.05, 0) is 86.5 Å². The Labute approximate surface area is 271 Å². The number of primary amides is 1. The van der Waals surface area contributed by atoms with Crippen LogP contribution in [-0.2, 0) is 22.6 Å². The lowest BCUT2D eigenvalue weighted by Crippen LogP contribution is -2.61. The number of piperidine rings is 1. The van der Waals surface area contributed by atoms with Gasteiger partial charge >= 0.3 is 0 Å². The highest BCUT2D eigenvalue weighted by molar-refractivity contribution is 6.14. The van der Waals surface area contributed by atoms with Crippen molar-refractivity contribution in [3.05, 3.63) is 69.7 Å². The number of likely N-dealkylation sites (tertiary alicyclic amines) is 1. The van der Waals surface area contributed by atoms with Crippen molar-refractivity contribution >= 4 is 18.0 Å². The van der Waals surface area contributed by atoms with Gasteiger partial charge in [-0.15, -0.1) is 0 Å². The highest BCUT2D eigenvalue weighted by Crippen LogP contribution is 2.55. The van der Waals surface area contributed by atoms with Crippen LogP contribution in [-0.4, -0.2) is 100 Å². The van der Waals surface area contributed by atoms with Gasteiger partial charge in [0.15, 0.2) is 17.7 Å². The number of alkyl halides is 1. The summed E-state index contributed by atoms with van der Waals surface area (Å²) in [7, 11) is 4.84. The van der Waals surface area contributed by atoms with E-state index in [-0.39, 0.29) is 36.0 Å². The van der Waals surface area contributed by atoms with Crippen LogP contribution < -0.4 is 10.5 Å². The van der Waals surface area contributed by atoms with Crippen LogP contribution in [0.2, 0.25) is 0 Å². The van der Waals surface area contributed by atoms with Crippen molar-refractivity contribution in [2.45, 2.75) is 50.0 Å². The van der Waals surface area contributed by atoms with Crippen molar-refractivity contribution in [2.24, 2.45) is 23.5 Å². The lowest BCUT2D eigenvalue weighted by molar-refractivity contribution is -0.137. The average Bonchev–Trinajstić information content (AvgIpc) is 3.01. The maximum Gasteiger partial charge on any atom is 0.251 e. The van der Waals surface area contributed by atoms with Gasteiger partial charge < -0.3 is 30.9 Å². The third-order valence-corrected chi connectivity index (χ3v) is 10.5. The number of benzene rings is 2. The van der Waals surface area contributed by atoms with Gasteiger partial charge in [-0.25, -0.2) is 4.39 Å². The van der Waals surface area contributed by atoms with Crippen molar-refractivity contribution in [2.75, 3.05) is 34.3 Å². The first kappa shape index (κ1) is 32.7. The molecule has 4 aliphatic rings. The highest BCUT2D eigenvalue weighted by atomic mass is 19.1. The van der Waals surface area contributed by atoms with E-state index in [1.165, 1.54) is 6.07 Å². The largest absolute Gasteiger partial charge is 0.511 e. The number of Topliss-reactive ketones (excluding diaryl/α,β-unsaturated/α-hetero) is 1. The molecule has 2 aromatic carbocycles. The fraction of sp³-hybridized carbons (Fsp3) is 0.457. The van der Waals surface area contributed by atoms with E-state index >= 15 is 0 Å². The summed E-state index contributed by atoms with van der Waals surface area (Å²) in [6.07, 6.45) is 0.613. The smallest absolute Gasteiger partial charge is 0.251 e. The zero-order valence-corrected chi connectivity index (χ0v) is 26.6. The first-order valence-corrected chi connectivity index (χ1v) is 15.8. The number of ether oxygens (including phenoxy) is 1. The maximum absolute atomic E-state index is 14.3. The second-order valence-corrected chi connectivity index (χ2v) is 13.4. The van der Waals surface area contributed by atoms with Crippen molar-refractivity contribution in [1.82, 2.24) is 9.80 Å². The van der Waals surface area contributed by atoms with Crippen LogP contribution in [0.25, 0.3) is 11.1 Å². The van der Waals surface area contributed by atoms with Crippen LogP contribution in [0.1, 0.15) is 40.7 Å². The Morgan fingerprint density at radius 2 is 1.83 bits per heavy atom. The number of phenolic OH excluding ortho intramolecular Hbond substituents is 1. The molecule has 4 unspecified atom stereocenters. The van der Waals surface area contributed by atoms with Gasteiger partial charge in [-0.3, -0.25) is 24.2 Å². The number of likely N-dealkylation sites (N-methyl/N-ethyl adjacent to an activating group) is 1. The van der Waals surface area contributed by atoms with Gasteiger partial charge in [0.1, 0.15) is 29.2 Å². The normalized spacial score (nSPS) is 28.2. The molecule has 1 saturated heterocycles. The number of fused-ring (bicyclic) bond motifs is 3. The molecule has 250 valence electrons. The Morgan fingerprint density at radius 1 is 1.13 bits per heavy atom. The van der Waals surface area contributed by atoms with Crippen molar-refractivity contribution < 1.29 is 43.9 Å². The van der Waals surface area contributed by atoms with Crippen LogP contribution >= 0.6 is 0 Å². The molecule has 6 N–H and O–H groups in total. The molecule has 47 heavy (non-hydrogen) atoms. The fourth-order valence-electron chi connectivity index (χ4n) is 8.41. The van der Waals surface area contributed by atoms with Crippen LogP contribution in [0.15, 0.2) is 53.0 Å². The van der Waals surface area contributed by atoms with E-state index in [0.29, 0.717) is 54.9 Å². The number of halogens is 1. The number of carbonyl (C=O) groups excluding carboxylic acids is 3. The molecule has 0 spiro atoms. The number of aliphatic hydroxyl groups is 3. The SMILES string of the molecule is COc1ccc(CN2CCC(F)CC2)cc1-c1ccc(O)c2c1CC1CC3C(C(O)=C1C2=O)C(O)(C=O)C(C(N)=O)=C(O)[C@H]3N(C)C. The highest BCUT2D eigenvalue weighted by Gasteiger charge is 2.61. The van der Waals surface area contributed by atoms with Crippen molar-refractivity contribution in [1.29, 1.82) is 0 Å². The van der Waals surface area contributed by atoms with E-state index in [0.717, 1.165) is 5.56 Å². The molecule has 2 aromatic rings. The Hall–Kier alpha value is -4.26. The predicted octanol–water partition coefficient (Wildman–Crippen LogP) is 2.98. The molecule has 12 heteroatoms. The number of hydrogen-bond donors (Lipinski definition) is 5. The quantitative estimate of drug-likeness (QED) is 0.281. The minimum atomic E-state index is -2.69. The summed E-state index contributed by atoms with van der Waals surface area (Å²) < 4.78 is 19.5. The number of phenols is 1. The summed E-state index contributed by atoms with van der Waals surface area (Å²) in [4.78, 5) is 43.0. The molecule has 1 heterocycles. The third-order valence-electron chi connectivity index (χ3n) is 10.5. The number of rotatable bonds is 7. The number of methoxy groups -OCH3 is 1. The Kier molecular flexibility index (Phi) is 8.39. The number of aromatic hydroxyl groups is 1. The summed E-state index contributed by atoms with van der Waals surface area (Å²) >= 11 is 0. The first-order valence-electron chi connectivity index (χ1n) is 15.8. The number of nitrogens with zero attached hydrogens (tertiary/aromatic N) is 2. The molecular formula is C35H40FN3O8. The predicted molar refractivity (Wildman–Crippen MR) is 170 cm³/mol. The van der Waals surface area contributed by atoms with E-state index in [1.54, 1.807) is 32.2 Å². The molecule has 11 nitrogen and oxygen atoms in total. The summed E-state index contributed by atoms with van der Waals surface area (Å²) in [6.45, 7) is 1.89. The third kappa shape index (κ3) is 5.19. The van der Waals surface area contributed by atoms with Gasteiger partial charge in [0, 0.05) is 30.8 Å². The van der Waals surface area contributed by atoms with E-state index in [4.69, 9.17) is 10.5 Å². The Morgan fingerprint density at radius 3 is 2.45 bits per heavy atom. The molecule has 6 rings (SSSR count). The van der Waals surface area contributed by atoms with E-state index in [2.05, 4.69) is 4.90 Å². The molecule has 0 radical (unpaired) electrons. The monoisotopic (exact) mass is 649 g/mol. The van der Waals surface area contributed by atoms with Crippen LogP contribution in [0.5, 0.6) is 11.5 Å². The van der Waals surface area contributed by atoms with Crippen molar-refractivity contribution in [3.63, 3.8) is 0 Å². The minimum Gasteiger partial charge on any atom is -0.511 e. The maximum atomic E-state index is 14.3. The summed E-state index contributed by atoms with van der Waals surface area (Å²) in [5.74, 6) is -5.63. The number of aldehydes is 1. The lowest BCUT2D eigenvalue weighted by Gasteiger charge is -2.51. The first-order chi connectivity index (χ1) is 22.3. The number of hydrogen-bond acceptors (Lipinski definition) is 10. The molecule has 1 fully saturated rings. The van der Waals surface area contributed by atoms with Crippen LogP contribution in [0, 0.1) is 17.8 Å². The Balaban J connectivity index is 1.47. The van der Waals surface area contributed by atoms with E-state index in [9.17, 15) is 39.2 Å². The van der Waals surface area contributed by atoms with Gasteiger partial charge in [0.2, 0.25) is 0 Å². The fourth-order valence-corrected chi connectivity index (χ4v) is 8.41. The van der Waals surface area contributed by atoms with Gasteiger partial charge in [-0.1, -0.05) is 12.1 Å². The molecule has 1 aliphatic heterocycles. The molecule has 1 amide bonds. The number of amides is 1. The number of nitrogens with two attached hydrogens (primary N) is 1. The average molecular weight is 650 g/mol. The molecule has 0 bridgehead atoms. The molecule has 0 saturated carbocycles. The van der Waals surface area contributed by atoms with Crippen LogP contribution in [0.3, 0.4) is 0 Å². The summed E-state index contributed by atoms with van der Waals surface area (Å²) in [6, 6.07) is 7.98. The number of ketones is 1. The van der Waals surface area contributed by atoms with Gasteiger partial charge in [0.05, 0.1) is 30.2 Å². The number of carbonyl (C=O) groups is 3. The van der Waals surface area contributed by atoms with Crippen LogP contribution in [0.4, 0.5) is 4.39 Å². The number of allylic oxidation sites excluding steroid dienone is 1. The van der Waals surface area contributed by atoms with Gasteiger partial charge in [0.25, 0.3) is 5.91 Å². The summed E-state index contributed by atoms with van der Waals surface area (Å²) in [5, 5.41) is 45.6. The second kappa shape index (κ2) is 12.1. The number of aliphatic hydroxyl groups excluding tert-OH is 2. The topological polar surface area (TPSA) is 174 Å². The zero-order valence-electron chi connectivity index (χ0n) is 26.6. The standard InChI is InChI=1S/C35H40FN3O8/c1-38(2)30-23-14-18-13-22-20(21-12-17(4-7-25(21)47-3)15-39-10-8-19(36)9-11-39)5-6-24(41)27(22)31(42)26(18)32(43)28(23)35(46,16-40)29(33(30)44)34(37)45/h4-7,12,16,18-19,23,28,30,41,43-44,46H,8-11,13-15H2,1-3H3,(H2,37,45)/t18?,23?,28?,30-,35?/m0/s1. The molecular weight excluding hydrogens is 609 g/mol. The zero-order chi connectivity index (χ0) is 33.9. The molecule has 5 atom stereocenters. The van der Waals surface area contributed by atoms with E-state index < -0.39 is 64.4 Å². The summed E-state index contributed by atoms with van der Waals surface area (Å²) in [5.41, 5.74) is 4.90. The Bertz CT molecular complexity index is 1710. The van der Waals surface area contributed by atoms with E-state index in [1.807, 2.05) is 18.2 Å². The van der Waals surface area contributed by atoms with Gasteiger partial charge in [-0.2, -0.15) is 0 Å².